The number of nitrogens with zero attached hydrogens (tertiary/aromatic N) is 2. The molecule has 10 heteroatoms. The molecule has 0 aliphatic rings. The summed E-state index contributed by atoms with van der Waals surface area (Å²) in [4.78, 5) is 24.7. The predicted octanol–water partition coefficient (Wildman–Crippen LogP) is 5.80. The van der Waals surface area contributed by atoms with Crippen molar-refractivity contribution >= 4 is 30.4 Å². The molecule has 0 saturated heterocycles. The first-order valence-electron chi connectivity index (χ1n) is 10.5. The summed E-state index contributed by atoms with van der Waals surface area (Å²) < 4.78 is 25.5. The van der Waals surface area contributed by atoms with E-state index < -0.39 is 20.3 Å². The molecule has 1 heterocycles. The number of aromatic nitrogens is 1. The van der Waals surface area contributed by atoms with Crippen LogP contribution in [0, 0.1) is 0 Å². The molecule has 0 aliphatic carbocycles. The molecular weight excluding hydrogens is 558 g/mol. The van der Waals surface area contributed by atoms with Crippen molar-refractivity contribution in [2.45, 2.75) is 84.8 Å². The van der Waals surface area contributed by atoms with Gasteiger partial charge in [0.25, 0.3) is 0 Å². The van der Waals surface area contributed by atoms with Gasteiger partial charge in [0.15, 0.2) is 0 Å². The molecule has 0 aromatic carbocycles. The number of alkyl halides is 2. The van der Waals surface area contributed by atoms with Crippen molar-refractivity contribution in [2.24, 2.45) is 0 Å². The average molecular weight is 600 g/mol. The number of pyridine rings is 1. The van der Waals surface area contributed by atoms with Crippen LogP contribution in [0.2, 0.25) is 0 Å². The van der Waals surface area contributed by atoms with Crippen molar-refractivity contribution in [1.29, 1.82) is 0 Å². The number of carbonyl (C=O) groups is 1. The van der Waals surface area contributed by atoms with Crippen LogP contribution in [-0.2, 0) is 44.3 Å². The van der Waals surface area contributed by atoms with Crippen molar-refractivity contribution in [3.8, 4) is 0 Å². The van der Waals surface area contributed by atoms with Gasteiger partial charge in [-0.05, 0) is 66.8 Å². The Kier molecular flexibility index (Phi) is 22.1. The van der Waals surface area contributed by atoms with Crippen LogP contribution in [-0.4, -0.2) is 59.6 Å². The maximum absolute atomic E-state index is 11.0. The molecule has 0 unspecified atom stereocenters. The topological polar surface area (TPSA) is 59.5 Å². The Morgan fingerprint density at radius 3 is 1.82 bits per heavy atom. The van der Waals surface area contributed by atoms with Gasteiger partial charge in [-0.2, -0.15) is 8.78 Å². The zero-order chi connectivity index (χ0) is 26.8. The summed E-state index contributed by atoms with van der Waals surface area (Å²) in [7, 11) is 4.96. The minimum atomic E-state index is -3.00. The quantitative estimate of drug-likeness (QED) is 0.130. The van der Waals surface area contributed by atoms with E-state index in [0.29, 0.717) is 10.3 Å². The standard InChI is InChI=1S/C19H35N2P.C3H4F2O2.CHO.ClH.Ru.H/c1-9-21(10-2)14-16-12-11-13-17(20-16)15-22(18(3,4)5)19(6,7)8;1-7-3(6)2(4)5;1-2;;;/h11-13H,9-10,14-15H2,1-8H3;2H,1H3;1H;1H;;/q;;-1;;+3;. The first-order valence-corrected chi connectivity index (χ1v) is 14.6. The number of halogens is 3. The Hall–Kier alpha value is -0.547. The van der Waals surface area contributed by atoms with Crippen molar-refractivity contribution < 1.29 is 40.4 Å². The monoisotopic (exact) mass is 600 g/mol. The number of rotatable bonds is 7. The Bertz CT molecular complexity index is 627. The normalized spacial score (nSPS) is 11.0. The Morgan fingerprint density at radius 1 is 1.09 bits per heavy atom. The second-order valence-corrected chi connectivity index (χ2v) is 13.4. The van der Waals surface area contributed by atoms with E-state index in [1.165, 1.54) is 11.4 Å². The van der Waals surface area contributed by atoms with E-state index >= 15 is 0 Å². The fourth-order valence-corrected chi connectivity index (χ4v) is 7.19. The summed E-state index contributed by atoms with van der Waals surface area (Å²) in [6.07, 6.45) is -1.84. The van der Waals surface area contributed by atoms with Crippen LogP contribution in [0.15, 0.2) is 18.2 Å². The Balaban J connectivity index is -0.000000689. The molecule has 194 valence electrons. The van der Waals surface area contributed by atoms with Crippen molar-refractivity contribution in [3.05, 3.63) is 29.6 Å². The van der Waals surface area contributed by atoms with Gasteiger partial charge < -0.3 is 9.53 Å². The molecule has 0 N–H and O–H groups in total. The molecule has 0 radical (unpaired) electrons. The molecule has 5 nitrogen and oxygen atoms in total. The molecule has 0 saturated carbocycles. The second-order valence-electron chi connectivity index (χ2n) is 9.06. The SMILES string of the molecule is CCN(CC)Cc1cccc(C[PH+](C(C)(C)C)C(C)(C)C)n1.COC(=O)C(F)F.[CH-]=O.[Cl][RuH+2]. The third-order valence-electron chi connectivity index (χ3n) is 4.69. The molecule has 0 bridgehead atoms. The fourth-order valence-electron chi connectivity index (χ4n) is 3.32. The van der Waals surface area contributed by atoms with Crippen LogP contribution in [0.3, 0.4) is 0 Å². The summed E-state index contributed by atoms with van der Waals surface area (Å²) >= 11 is 1.62. The zero-order valence-electron chi connectivity index (χ0n) is 21.3. The molecule has 0 amide bonds. The summed E-state index contributed by atoms with van der Waals surface area (Å²) in [5.74, 6) is -1.49. The van der Waals surface area contributed by atoms with Gasteiger partial charge in [-0.15, -0.1) is 0 Å². The first-order chi connectivity index (χ1) is 15.3. The molecule has 1 aromatic rings. The van der Waals surface area contributed by atoms with Crippen LogP contribution in [0.25, 0.3) is 0 Å². The van der Waals surface area contributed by atoms with E-state index in [4.69, 9.17) is 9.78 Å². The Labute approximate surface area is 214 Å². The molecule has 0 spiro atoms. The van der Waals surface area contributed by atoms with Crippen LogP contribution in [0.5, 0.6) is 0 Å². The van der Waals surface area contributed by atoms with Crippen LogP contribution in [0.1, 0.15) is 66.8 Å². The van der Waals surface area contributed by atoms with Crippen LogP contribution >= 0.6 is 17.6 Å². The maximum atomic E-state index is 11.0. The third kappa shape index (κ3) is 17.5. The minimum absolute atomic E-state index is 0.388. The van der Waals surface area contributed by atoms with E-state index in [-0.39, 0.29) is 0 Å². The number of methoxy groups -OCH3 is 1. The van der Waals surface area contributed by atoms with Crippen molar-refractivity contribution in [1.82, 2.24) is 9.88 Å². The fraction of sp³-hybridized carbons (Fsp3) is 0.696. The van der Waals surface area contributed by atoms with E-state index in [2.05, 4.69) is 99.7 Å². The molecule has 1 aromatic heterocycles. The number of carbonyl (C=O) groups excluding carboxylic acids is 2. The molecule has 33 heavy (non-hydrogen) atoms. The molecule has 0 aliphatic heterocycles. The number of ether oxygens (including phenoxy) is 1. The molecule has 0 fully saturated rings. The number of esters is 1. The summed E-state index contributed by atoms with van der Waals surface area (Å²) in [6.45, 7) is 25.2. The second kappa shape index (κ2) is 19.7. The van der Waals surface area contributed by atoms with E-state index in [0.717, 1.165) is 32.9 Å². The third-order valence-corrected chi connectivity index (χ3v) is 9.03. The van der Waals surface area contributed by atoms with Crippen LogP contribution < -0.4 is 0 Å². The molecular formula is C23H42ClF2N2O3PRu+2. The number of hydrogen-bond acceptors (Lipinski definition) is 5. The van der Waals surface area contributed by atoms with Gasteiger partial charge in [-0.3, -0.25) is 16.7 Å². The summed E-state index contributed by atoms with van der Waals surface area (Å²) in [5.41, 5.74) is 2.49. The van der Waals surface area contributed by atoms with Gasteiger partial charge in [0.2, 0.25) is 0 Å². The summed E-state index contributed by atoms with van der Waals surface area (Å²) in [5, 5.41) is 0.777. The summed E-state index contributed by atoms with van der Waals surface area (Å²) in [6, 6.07) is 6.57. The van der Waals surface area contributed by atoms with Gasteiger partial charge in [0.1, 0.15) is 0 Å². The number of hydrogen-bond donors (Lipinski definition) is 0. The van der Waals surface area contributed by atoms with Gasteiger partial charge in [-0.25, -0.2) is 4.79 Å². The Morgan fingerprint density at radius 2 is 1.52 bits per heavy atom. The van der Waals surface area contributed by atoms with Crippen molar-refractivity contribution in [2.75, 3.05) is 20.2 Å². The first kappa shape index (κ1) is 37.0. The predicted molar refractivity (Wildman–Crippen MR) is 134 cm³/mol. The molecule has 1 rings (SSSR count). The molecule has 0 atom stereocenters. The van der Waals surface area contributed by atoms with E-state index in [1.807, 2.05) is 0 Å². The van der Waals surface area contributed by atoms with Gasteiger partial charge in [0, 0.05) is 14.5 Å². The van der Waals surface area contributed by atoms with Gasteiger partial charge in [0.05, 0.1) is 35.0 Å². The average Bonchev–Trinajstić information content (AvgIpc) is 2.77. The van der Waals surface area contributed by atoms with E-state index in [1.54, 1.807) is 17.3 Å². The van der Waals surface area contributed by atoms with E-state index in [9.17, 15) is 13.6 Å². The van der Waals surface area contributed by atoms with Crippen molar-refractivity contribution in [3.63, 3.8) is 0 Å². The van der Waals surface area contributed by atoms with Gasteiger partial charge >= 0.3 is 39.4 Å². The van der Waals surface area contributed by atoms with Crippen LogP contribution in [0.4, 0.5) is 8.78 Å². The zero-order valence-corrected chi connectivity index (χ0v) is 25.0. The van der Waals surface area contributed by atoms with Gasteiger partial charge in [-0.1, -0.05) is 19.9 Å².